The Hall–Kier alpha value is -2.48. The second kappa shape index (κ2) is 8.97. The third-order valence-electron chi connectivity index (χ3n) is 3.40. The van der Waals surface area contributed by atoms with E-state index in [0.717, 1.165) is 19.3 Å². The molecular formula is C15H18ClN5O3. The number of carbonyl (C=O) groups is 2. The summed E-state index contributed by atoms with van der Waals surface area (Å²) in [7, 11) is 0. The number of nitrogens with one attached hydrogen (secondary N) is 1. The number of carboxylic acids is 1. The zero-order valence-corrected chi connectivity index (χ0v) is 13.7. The van der Waals surface area contributed by atoms with Gasteiger partial charge in [0.05, 0.1) is 11.3 Å². The molecule has 1 aromatic carbocycles. The predicted octanol–water partition coefficient (Wildman–Crippen LogP) is 2.08. The topological polar surface area (TPSA) is 110 Å². The van der Waals surface area contributed by atoms with Crippen LogP contribution in [0.25, 0.3) is 5.69 Å². The normalized spacial score (nSPS) is 10.5. The van der Waals surface area contributed by atoms with Gasteiger partial charge in [-0.05, 0) is 41.5 Å². The molecular weight excluding hydrogens is 334 g/mol. The molecule has 0 radical (unpaired) electrons. The van der Waals surface area contributed by atoms with Crippen LogP contribution in [0.3, 0.4) is 0 Å². The number of amides is 1. The van der Waals surface area contributed by atoms with E-state index in [1.807, 2.05) is 0 Å². The van der Waals surface area contributed by atoms with Crippen molar-refractivity contribution >= 4 is 23.5 Å². The first kappa shape index (κ1) is 17.9. The SMILES string of the molecule is O=C(O)CCCCCCNC(=O)c1cc(Cl)ccc1-n1cnnn1. The Morgan fingerprint density at radius 3 is 2.71 bits per heavy atom. The van der Waals surface area contributed by atoms with Crippen LogP contribution in [0.2, 0.25) is 5.02 Å². The number of aliphatic carboxylic acids is 1. The van der Waals surface area contributed by atoms with Crippen LogP contribution in [0.5, 0.6) is 0 Å². The molecule has 8 nitrogen and oxygen atoms in total. The Labute approximate surface area is 143 Å². The van der Waals surface area contributed by atoms with Crippen molar-refractivity contribution in [2.45, 2.75) is 32.1 Å². The van der Waals surface area contributed by atoms with E-state index < -0.39 is 5.97 Å². The summed E-state index contributed by atoms with van der Waals surface area (Å²) >= 11 is 5.98. The van der Waals surface area contributed by atoms with E-state index in [9.17, 15) is 9.59 Å². The summed E-state index contributed by atoms with van der Waals surface area (Å²) in [6.07, 6.45) is 4.72. The van der Waals surface area contributed by atoms with Crippen LogP contribution in [-0.2, 0) is 4.79 Å². The second-order valence-corrected chi connectivity index (χ2v) is 5.67. The van der Waals surface area contributed by atoms with Crippen molar-refractivity contribution in [1.29, 1.82) is 0 Å². The van der Waals surface area contributed by atoms with Crippen molar-refractivity contribution in [3.63, 3.8) is 0 Å². The van der Waals surface area contributed by atoms with Crippen LogP contribution in [0, 0.1) is 0 Å². The molecule has 128 valence electrons. The molecule has 0 aliphatic heterocycles. The van der Waals surface area contributed by atoms with Gasteiger partial charge >= 0.3 is 5.97 Å². The van der Waals surface area contributed by atoms with Crippen LogP contribution in [0.1, 0.15) is 42.5 Å². The monoisotopic (exact) mass is 351 g/mol. The van der Waals surface area contributed by atoms with E-state index in [1.165, 1.54) is 11.0 Å². The molecule has 0 bridgehead atoms. The summed E-state index contributed by atoms with van der Waals surface area (Å²) in [6, 6.07) is 4.91. The fourth-order valence-corrected chi connectivity index (χ4v) is 2.39. The molecule has 9 heteroatoms. The fourth-order valence-electron chi connectivity index (χ4n) is 2.21. The summed E-state index contributed by atoms with van der Waals surface area (Å²) in [6.45, 7) is 0.507. The van der Waals surface area contributed by atoms with Crippen LogP contribution in [-0.4, -0.2) is 43.7 Å². The number of carboxylic acid groups (broad SMARTS) is 1. The van der Waals surface area contributed by atoms with Gasteiger partial charge in [-0.25, -0.2) is 0 Å². The number of tetrazole rings is 1. The van der Waals surface area contributed by atoms with Gasteiger partial charge < -0.3 is 10.4 Å². The van der Waals surface area contributed by atoms with Crippen molar-refractivity contribution < 1.29 is 14.7 Å². The summed E-state index contributed by atoms with van der Waals surface area (Å²) in [5.41, 5.74) is 0.934. The first-order chi connectivity index (χ1) is 11.6. The second-order valence-electron chi connectivity index (χ2n) is 5.23. The van der Waals surface area contributed by atoms with E-state index >= 15 is 0 Å². The lowest BCUT2D eigenvalue weighted by Gasteiger charge is -2.10. The molecule has 0 unspecified atom stereocenters. The van der Waals surface area contributed by atoms with Gasteiger partial charge in [-0.2, -0.15) is 4.68 Å². The lowest BCUT2D eigenvalue weighted by atomic mass is 10.1. The average Bonchev–Trinajstić information content (AvgIpc) is 3.07. The molecule has 0 saturated heterocycles. The molecule has 0 aliphatic rings. The zero-order valence-electron chi connectivity index (χ0n) is 13.0. The highest BCUT2D eigenvalue weighted by Gasteiger charge is 2.14. The van der Waals surface area contributed by atoms with Gasteiger partial charge in [0.25, 0.3) is 5.91 Å². The Morgan fingerprint density at radius 2 is 2.00 bits per heavy atom. The van der Waals surface area contributed by atoms with E-state index in [1.54, 1.807) is 18.2 Å². The number of hydrogen-bond acceptors (Lipinski definition) is 5. The maximum Gasteiger partial charge on any atom is 0.303 e. The smallest absolute Gasteiger partial charge is 0.303 e. The third-order valence-corrected chi connectivity index (χ3v) is 3.64. The Bertz CT molecular complexity index is 690. The van der Waals surface area contributed by atoms with E-state index in [0.29, 0.717) is 29.2 Å². The molecule has 2 rings (SSSR count). The van der Waals surface area contributed by atoms with Crippen LogP contribution >= 0.6 is 11.6 Å². The molecule has 2 N–H and O–H groups in total. The molecule has 2 aromatic rings. The van der Waals surface area contributed by atoms with E-state index in [4.69, 9.17) is 16.7 Å². The molecule has 1 amide bonds. The number of rotatable bonds is 9. The number of aromatic nitrogens is 4. The van der Waals surface area contributed by atoms with Crippen molar-refractivity contribution in [2.24, 2.45) is 0 Å². The van der Waals surface area contributed by atoms with Crippen molar-refractivity contribution in [3.05, 3.63) is 35.1 Å². The van der Waals surface area contributed by atoms with Gasteiger partial charge in [-0.1, -0.05) is 24.4 Å². The van der Waals surface area contributed by atoms with Gasteiger partial charge in [0.1, 0.15) is 6.33 Å². The fraction of sp³-hybridized carbons (Fsp3) is 0.400. The first-order valence-electron chi connectivity index (χ1n) is 7.61. The van der Waals surface area contributed by atoms with Crippen molar-refractivity contribution in [1.82, 2.24) is 25.5 Å². The number of nitrogens with zero attached hydrogens (tertiary/aromatic N) is 4. The van der Waals surface area contributed by atoms with Gasteiger partial charge in [0.2, 0.25) is 0 Å². The van der Waals surface area contributed by atoms with Crippen LogP contribution in [0.4, 0.5) is 0 Å². The standard InChI is InChI=1S/C15H18ClN5O3/c16-11-6-7-13(21-10-18-19-20-21)12(9-11)15(24)17-8-4-2-1-3-5-14(22)23/h6-7,9-10H,1-5,8H2,(H,17,24)(H,22,23). The average molecular weight is 352 g/mol. The molecule has 24 heavy (non-hydrogen) atoms. The Morgan fingerprint density at radius 1 is 1.21 bits per heavy atom. The minimum atomic E-state index is -0.778. The van der Waals surface area contributed by atoms with Gasteiger partial charge in [-0.15, -0.1) is 5.10 Å². The van der Waals surface area contributed by atoms with E-state index in [-0.39, 0.29) is 12.3 Å². The van der Waals surface area contributed by atoms with Crippen LogP contribution in [0.15, 0.2) is 24.5 Å². The lowest BCUT2D eigenvalue weighted by Crippen LogP contribution is -2.25. The Kier molecular flexibility index (Phi) is 6.68. The van der Waals surface area contributed by atoms with Gasteiger partial charge in [0, 0.05) is 18.0 Å². The van der Waals surface area contributed by atoms with Gasteiger partial charge in [0.15, 0.2) is 0 Å². The molecule has 0 spiro atoms. The third kappa shape index (κ3) is 5.31. The highest BCUT2D eigenvalue weighted by Crippen LogP contribution is 2.19. The number of hydrogen-bond donors (Lipinski definition) is 2. The molecule has 0 aliphatic carbocycles. The maximum absolute atomic E-state index is 12.4. The summed E-state index contributed by atoms with van der Waals surface area (Å²) in [4.78, 5) is 22.8. The highest BCUT2D eigenvalue weighted by molar-refractivity contribution is 6.31. The van der Waals surface area contributed by atoms with Crippen molar-refractivity contribution in [2.75, 3.05) is 6.54 Å². The largest absolute Gasteiger partial charge is 0.481 e. The molecule has 1 heterocycles. The minimum Gasteiger partial charge on any atom is -0.481 e. The summed E-state index contributed by atoms with van der Waals surface area (Å²) in [5, 5.41) is 22.8. The number of unbranched alkanes of at least 4 members (excludes halogenated alkanes) is 3. The maximum atomic E-state index is 12.4. The highest BCUT2D eigenvalue weighted by atomic mass is 35.5. The van der Waals surface area contributed by atoms with Crippen molar-refractivity contribution in [3.8, 4) is 5.69 Å². The summed E-state index contributed by atoms with van der Waals surface area (Å²) in [5.74, 6) is -1.03. The number of carbonyl (C=O) groups excluding carboxylic acids is 1. The summed E-state index contributed by atoms with van der Waals surface area (Å²) < 4.78 is 1.40. The molecule has 0 atom stereocenters. The molecule has 0 saturated carbocycles. The lowest BCUT2D eigenvalue weighted by molar-refractivity contribution is -0.137. The van der Waals surface area contributed by atoms with Gasteiger partial charge in [-0.3, -0.25) is 9.59 Å². The number of halogens is 1. The quantitative estimate of drug-likeness (QED) is 0.669. The number of benzene rings is 1. The molecule has 1 aromatic heterocycles. The zero-order chi connectivity index (χ0) is 17.4. The predicted molar refractivity (Wildman–Crippen MR) is 87.2 cm³/mol. The van der Waals surface area contributed by atoms with Crippen LogP contribution < -0.4 is 5.32 Å². The molecule has 0 fully saturated rings. The minimum absolute atomic E-state index is 0.185. The van der Waals surface area contributed by atoms with E-state index in [2.05, 4.69) is 20.8 Å². The first-order valence-corrected chi connectivity index (χ1v) is 7.98. The Balaban J connectivity index is 1.86.